The van der Waals surface area contributed by atoms with Crippen LogP contribution in [0.4, 0.5) is 0 Å². The number of hydrogen-bond acceptors (Lipinski definition) is 4. The number of rotatable bonds is 6. The van der Waals surface area contributed by atoms with Gasteiger partial charge in [-0.15, -0.1) is 0 Å². The van der Waals surface area contributed by atoms with Crippen LogP contribution < -0.4 is 5.32 Å². The molecule has 15 heavy (non-hydrogen) atoms. The summed E-state index contributed by atoms with van der Waals surface area (Å²) in [6.45, 7) is 5.13. The van der Waals surface area contributed by atoms with Gasteiger partial charge in [0.2, 0.25) is 0 Å². The number of aromatic nitrogens is 3. The van der Waals surface area contributed by atoms with Crippen LogP contribution in [0, 0.1) is 0 Å². The first-order chi connectivity index (χ1) is 7.05. The van der Waals surface area contributed by atoms with Gasteiger partial charge in [-0.1, -0.05) is 13.3 Å². The molecule has 86 valence electrons. The highest BCUT2D eigenvalue weighted by Gasteiger charge is 2.18. The molecule has 0 fully saturated rings. The van der Waals surface area contributed by atoms with Crippen molar-refractivity contribution in [2.45, 2.75) is 38.8 Å². The Hall–Kier alpha value is -0.940. The van der Waals surface area contributed by atoms with Crippen molar-refractivity contribution in [2.75, 3.05) is 6.54 Å². The molecular formula is C10H20N4O. The van der Waals surface area contributed by atoms with E-state index in [9.17, 15) is 5.11 Å². The Kier molecular flexibility index (Phi) is 4.23. The second-order valence-corrected chi connectivity index (χ2v) is 4.15. The summed E-state index contributed by atoms with van der Waals surface area (Å²) in [6.07, 6.45) is 3.32. The minimum atomic E-state index is -0.632. The van der Waals surface area contributed by atoms with Crippen LogP contribution in [-0.2, 0) is 13.6 Å². The van der Waals surface area contributed by atoms with E-state index in [1.807, 2.05) is 14.0 Å². The lowest BCUT2D eigenvalue weighted by Crippen LogP contribution is -2.37. The van der Waals surface area contributed by atoms with Crippen LogP contribution in [0.25, 0.3) is 0 Å². The molecule has 1 atom stereocenters. The molecule has 5 heteroatoms. The maximum absolute atomic E-state index is 9.91. The van der Waals surface area contributed by atoms with Gasteiger partial charge in [-0.05, 0) is 13.3 Å². The molecule has 0 saturated heterocycles. The van der Waals surface area contributed by atoms with Crippen molar-refractivity contribution in [3.8, 4) is 0 Å². The molecule has 1 aromatic heterocycles. The van der Waals surface area contributed by atoms with Crippen LogP contribution in [0.1, 0.15) is 32.5 Å². The minimum Gasteiger partial charge on any atom is -0.389 e. The standard InChI is InChI=1S/C10H20N4O/c1-4-5-10(2,15)7-11-6-9-12-8-13-14(9)3/h8,11,15H,4-7H2,1-3H3. The van der Waals surface area contributed by atoms with E-state index >= 15 is 0 Å². The van der Waals surface area contributed by atoms with Crippen LogP contribution in [0.3, 0.4) is 0 Å². The third-order valence-electron chi connectivity index (χ3n) is 2.38. The number of hydrogen-bond donors (Lipinski definition) is 2. The van der Waals surface area contributed by atoms with Gasteiger partial charge in [-0.3, -0.25) is 4.68 Å². The van der Waals surface area contributed by atoms with Gasteiger partial charge in [0.15, 0.2) is 0 Å². The molecule has 1 unspecified atom stereocenters. The van der Waals surface area contributed by atoms with E-state index in [2.05, 4.69) is 22.3 Å². The highest BCUT2D eigenvalue weighted by molar-refractivity contribution is 4.84. The summed E-state index contributed by atoms with van der Waals surface area (Å²) in [7, 11) is 1.86. The average Bonchev–Trinajstić information content (AvgIpc) is 2.51. The van der Waals surface area contributed by atoms with Crippen LogP contribution in [0.15, 0.2) is 6.33 Å². The molecule has 0 radical (unpaired) electrons. The topological polar surface area (TPSA) is 63.0 Å². The molecule has 0 aliphatic carbocycles. The summed E-state index contributed by atoms with van der Waals surface area (Å²) < 4.78 is 1.72. The van der Waals surface area contributed by atoms with E-state index in [4.69, 9.17) is 0 Å². The van der Waals surface area contributed by atoms with E-state index in [0.717, 1.165) is 18.7 Å². The van der Waals surface area contributed by atoms with Gasteiger partial charge in [-0.25, -0.2) is 4.98 Å². The van der Waals surface area contributed by atoms with E-state index in [-0.39, 0.29) is 0 Å². The molecular weight excluding hydrogens is 192 g/mol. The molecule has 1 heterocycles. The fourth-order valence-electron chi connectivity index (χ4n) is 1.55. The zero-order chi connectivity index (χ0) is 11.3. The lowest BCUT2D eigenvalue weighted by atomic mass is 10.0. The third kappa shape index (κ3) is 3.97. The minimum absolute atomic E-state index is 0.577. The molecule has 1 rings (SSSR count). The molecule has 0 saturated carbocycles. The number of aryl methyl sites for hydroxylation is 1. The summed E-state index contributed by atoms with van der Waals surface area (Å²) in [5, 5.41) is 17.1. The average molecular weight is 212 g/mol. The first-order valence-corrected chi connectivity index (χ1v) is 5.31. The van der Waals surface area contributed by atoms with Crippen LogP contribution in [0.2, 0.25) is 0 Å². The van der Waals surface area contributed by atoms with Gasteiger partial charge >= 0.3 is 0 Å². The van der Waals surface area contributed by atoms with Gasteiger partial charge in [0.05, 0.1) is 12.1 Å². The summed E-state index contributed by atoms with van der Waals surface area (Å²) in [4.78, 5) is 4.09. The van der Waals surface area contributed by atoms with E-state index < -0.39 is 5.60 Å². The molecule has 0 spiro atoms. The largest absolute Gasteiger partial charge is 0.389 e. The number of nitrogens with zero attached hydrogens (tertiary/aromatic N) is 3. The predicted molar refractivity (Wildman–Crippen MR) is 58.2 cm³/mol. The molecule has 0 bridgehead atoms. The molecule has 0 aliphatic rings. The van der Waals surface area contributed by atoms with Gasteiger partial charge in [0, 0.05) is 13.6 Å². The Morgan fingerprint density at radius 3 is 2.87 bits per heavy atom. The fraction of sp³-hybridized carbons (Fsp3) is 0.800. The van der Waals surface area contributed by atoms with Crippen LogP contribution in [0.5, 0.6) is 0 Å². The fourth-order valence-corrected chi connectivity index (χ4v) is 1.55. The van der Waals surface area contributed by atoms with Gasteiger partial charge in [-0.2, -0.15) is 5.10 Å². The van der Waals surface area contributed by atoms with Crippen molar-refractivity contribution in [1.82, 2.24) is 20.1 Å². The molecule has 5 nitrogen and oxygen atoms in total. The molecule has 0 aliphatic heterocycles. The van der Waals surface area contributed by atoms with Crippen molar-refractivity contribution in [3.05, 3.63) is 12.2 Å². The first-order valence-electron chi connectivity index (χ1n) is 5.31. The van der Waals surface area contributed by atoms with Crippen molar-refractivity contribution < 1.29 is 5.11 Å². The predicted octanol–water partition coefficient (Wildman–Crippen LogP) is 0.456. The van der Waals surface area contributed by atoms with E-state index in [1.54, 1.807) is 4.68 Å². The summed E-state index contributed by atoms with van der Waals surface area (Å²) in [5.74, 6) is 0.877. The van der Waals surface area contributed by atoms with Gasteiger partial charge in [0.25, 0.3) is 0 Å². The Bertz CT molecular complexity index is 295. The third-order valence-corrected chi connectivity index (χ3v) is 2.38. The Morgan fingerprint density at radius 1 is 1.60 bits per heavy atom. The highest BCUT2D eigenvalue weighted by atomic mass is 16.3. The van der Waals surface area contributed by atoms with E-state index in [1.165, 1.54) is 6.33 Å². The van der Waals surface area contributed by atoms with Crippen molar-refractivity contribution in [1.29, 1.82) is 0 Å². The van der Waals surface area contributed by atoms with Gasteiger partial charge < -0.3 is 10.4 Å². The molecule has 1 aromatic rings. The molecule has 0 amide bonds. The quantitative estimate of drug-likeness (QED) is 0.719. The maximum atomic E-state index is 9.91. The van der Waals surface area contributed by atoms with Crippen molar-refractivity contribution >= 4 is 0 Å². The first kappa shape index (κ1) is 12.1. The van der Waals surface area contributed by atoms with E-state index in [0.29, 0.717) is 13.1 Å². The summed E-state index contributed by atoms with van der Waals surface area (Å²) in [6, 6.07) is 0. The summed E-state index contributed by atoms with van der Waals surface area (Å²) in [5.41, 5.74) is -0.632. The maximum Gasteiger partial charge on any atom is 0.140 e. The molecule has 2 N–H and O–H groups in total. The Balaban J connectivity index is 2.30. The monoisotopic (exact) mass is 212 g/mol. The smallest absolute Gasteiger partial charge is 0.140 e. The Morgan fingerprint density at radius 2 is 2.33 bits per heavy atom. The SMILES string of the molecule is CCCC(C)(O)CNCc1ncnn1C. The van der Waals surface area contributed by atoms with Gasteiger partial charge in [0.1, 0.15) is 12.2 Å². The second kappa shape index (κ2) is 5.23. The lowest BCUT2D eigenvalue weighted by Gasteiger charge is -2.22. The summed E-state index contributed by atoms with van der Waals surface area (Å²) >= 11 is 0. The Labute approximate surface area is 90.5 Å². The number of aliphatic hydroxyl groups is 1. The highest BCUT2D eigenvalue weighted by Crippen LogP contribution is 2.09. The second-order valence-electron chi connectivity index (χ2n) is 4.15. The van der Waals surface area contributed by atoms with Crippen molar-refractivity contribution in [3.63, 3.8) is 0 Å². The lowest BCUT2D eigenvalue weighted by molar-refractivity contribution is 0.0495. The zero-order valence-corrected chi connectivity index (χ0v) is 9.69. The molecule has 0 aromatic carbocycles. The normalized spacial score (nSPS) is 15.2. The number of nitrogens with one attached hydrogen (secondary N) is 1. The van der Waals surface area contributed by atoms with Crippen molar-refractivity contribution in [2.24, 2.45) is 7.05 Å². The van der Waals surface area contributed by atoms with Crippen LogP contribution in [-0.4, -0.2) is 32.0 Å². The van der Waals surface area contributed by atoms with Crippen LogP contribution >= 0.6 is 0 Å². The zero-order valence-electron chi connectivity index (χ0n) is 9.69.